The third-order valence-electron chi connectivity index (χ3n) is 4.42. The summed E-state index contributed by atoms with van der Waals surface area (Å²) < 4.78 is 4.98. The van der Waals surface area contributed by atoms with Crippen LogP contribution in [0.3, 0.4) is 0 Å². The Kier molecular flexibility index (Phi) is 9.67. The molecule has 0 aliphatic rings. The molecular formula is C22H26N4O6. The summed E-state index contributed by atoms with van der Waals surface area (Å²) in [4.78, 5) is 47.2. The van der Waals surface area contributed by atoms with Crippen LogP contribution in [0.15, 0.2) is 60.7 Å². The Bertz CT molecular complexity index is 907. The van der Waals surface area contributed by atoms with Crippen molar-refractivity contribution < 1.29 is 29.0 Å². The fourth-order valence-electron chi connectivity index (χ4n) is 2.69. The lowest BCUT2D eigenvalue weighted by Crippen LogP contribution is -2.50. The molecule has 0 saturated heterocycles. The summed E-state index contributed by atoms with van der Waals surface area (Å²) in [7, 11) is 0. The molecule has 0 bridgehead atoms. The largest absolute Gasteiger partial charge is 0.480 e. The molecule has 0 saturated carbocycles. The van der Waals surface area contributed by atoms with Crippen LogP contribution in [0.2, 0.25) is 0 Å². The van der Waals surface area contributed by atoms with E-state index in [1.165, 1.54) is 0 Å². The van der Waals surface area contributed by atoms with Gasteiger partial charge in [-0.3, -0.25) is 20.4 Å². The number of carboxylic acid groups (broad SMARTS) is 1. The van der Waals surface area contributed by atoms with Gasteiger partial charge in [-0.15, -0.1) is 0 Å². The van der Waals surface area contributed by atoms with E-state index in [9.17, 15) is 24.3 Å². The van der Waals surface area contributed by atoms with Crippen LogP contribution in [-0.2, 0) is 32.1 Å². The summed E-state index contributed by atoms with van der Waals surface area (Å²) in [6, 6.07) is 15.8. The maximum absolute atomic E-state index is 12.0. The molecule has 2 atom stereocenters. The van der Waals surface area contributed by atoms with Gasteiger partial charge in [0.2, 0.25) is 5.91 Å². The summed E-state index contributed by atoms with van der Waals surface area (Å²) in [5.41, 5.74) is 11.8. The fourth-order valence-corrected chi connectivity index (χ4v) is 2.69. The third kappa shape index (κ3) is 8.84. The minimum atomic E-state index is -1.33. The molecule has 0 radical (unpaired) electrons. The van der Waals surface area contributed by atoms with Gasteiger partial charge in [-0.1, -0.05) is 60.7 Å². The van der Waals surface area contributed by atoms with Gasteiger partial charge in [0, 0.05) is 6.42 Å². The van der Waals surface area contributed by atoms with Crippen LogP contribution >= 0.6 is 0 Å². The van der Waals surface area contributed by atoms with Crippen molar-refractivity contribution in [3.05, 3.63) is 71.8 Å². The lowest BCUT2D eigenvalue weighted by molar-refractivity contribution is -0.139. The molecule has 10 heteroatoms. The number of aliphatic carboxylic acids is 1. The Morgan fingerprint density at radius 1 is 0.906 bits per heavy atom. The monoisotopic (exact) mass is 442 g/mol. The van der Waals surface area contributed by atoms with Crippen LogP contribution in [0.5, 0.6) is 0 Å². The number of amides is 3. The molecule has 3 amide bonds. The summed E-state index contributed by atoms with van der Waals surface area (Å²) in [6.45, 7) is -0.0191. The van der Waals surface area contributed by atoms with Gasteiger partial charge < -0.3 is 20.9 Å². The van der Waals surface area contributed by atoms with E-state index in [1.807, 2.05) is 36.4 Å². The van der Waals surface area contributed by atoms with E-state index in [1.54, 1.807) is 24.3 Å². The highest BCUT2D eigenvalue weighted by Crippen LogP contribution is 2.04. The molecule has 0 fully saturated rings. The molecule has 0 heterocycles. The van der Waals surface area contributed by atoms with Crippen LogP contribution < -0.4 is 21.9 Å². The van der Waals surface area contributed by atoms with Crippen molar-refractivity contribution >= 4 is 23.9 Å². The minimum absolute atomic E-state index is 0.0191. The number of alkyl carbamates (subject to hydrolysis) is 1. The number of hydrazine groups is 1. The molecule has 2 rings (SSSR count). The van der Waals surface area contributed by atoms with E-state index in [-0.39, 0.29) is 19.4 Å². The third-order valence-corrected chi connectivity index (χ3v) is 4.42. The van der Waals surface area contributed by atoms with Crippen molar-refractivity contribution in [3.63, 3.8) is 0 Å². The van der Waals surface area contributed by atoms with Crippen LogP contribution in [0.25, 0.3) is 0 Å². The van der Waals surface area contributed by atoms with E-state index in [2.05, 4.69) is 16.2 Å². The second kappa shape index (κ2) is 12.7. The molecule has 2 aromatic rings. The standard InChI is InChI=1S/C22H26N4O6/c23-17(13-15-7-3-1-4-8-15)20(28)26-25-19(27)12-11-18(21(29)30)24-22(31)32-14-16-9-5-2-6-10-16/h1-10,17-18H,11-14,23H2,(H,24,31)(H,25,27)(H,26,28)(H,29,30). The first kappa shape index (κ1) is 24.4. The first-order chi connectivity index (χ1) is 15.3. The second-order valence-electron chi connectivity index (χ2n) is 6.97. The number of hydrogen-bond donors (Lipinski definition) is 5. The lowest BCUT2D eigenvalue weighted by Gasteiger charge is -2.15. The Labute approximate surface area is 185 Å². The summed E-state index contributed by atoms with van der Waals surface area (Å²) in [6.07, 6.45) is -1.09. The second-order valence-corrected chi connectivity index (χ2v) is 6.97. The number of benzene rings is 2. The van der Waals surface area contributed by atoms with Crippen molar-refractivity contribution in [2.45, 2.75) is 38.0 Å². The zero-order valence-corrected chi connectivity index (χ0v) is 17.3. The number of nitrogens with one attached hydrogen (secondary N) is 3. The highest BCUT2D eigenvalue weighted by Gasteiger charge is 2.22. The van der Waals surface area contributed by atoms with Gasteiger partial charge in [0.15, 0.2) is 0 Å². The predicted molar refractivity (Wildman–Crippen MR) is 115 cm³/mol. The molecule has 2 unspecified atom stereocenters. The van der Waals surface area contributed by atoms with Crippen molar-refractivity contribution in [2.75, 3.05) is 0 Å². The zero-order valence-electron chi connectivity index (χ0n) is 17.3. The van der Waals surface area contributed by atoms with E-state index >= 15 is 0 Å². The Hall–Kier alpha value is -3.92. The molecule has 2 aromatic carbocycles. The number of carbonyl (C=O) groups excluding carboxylic acids is 3. The van der Waals surface area contributed by atoms with E-state index in [0.717, 1.165) is 11.1 Å². The predicted octanol–water partition coefficient (Wildman–Crippen LogP) is 0.864. The molecule has 6 N–H and O–H groups in total. The number of nitrogens with two attached hydrogens (primary N) is 1. The molecule has 32 heavy (non-hydrogen) atoms. The highest BCUT2D eigenvalue weighted by atomic mass is 16.5. The molecule has 170 valence electrons. The summed E-state index contributed by atoms with van der Waals surface area (Å²) >= 11 is 0. The average Bonchev–Trinajstić information content (AvgIpc) is 2.79. The topological polar surface area (TPSA) is 160 Å². The summed E-state index contributed by atoms with van der Waals surface area (Å²) in [5.74, 6) is -2.53. The van der Waals surface area contributed by atoms with Crippen LogP contribution in [-0.4, -0.2) is 41.1 Å². The smallest absolute Gasteiger partial charge is 0.408 e. The zero-order chi connectivity index (χ0) is 23.3. The van der Waals surface area contributed by atoms with Crippen molar-refractivity contribution in [1.29, 1.82) is 0 Å². The average molecular weight is 442 g/mol. The molecule has 0 spiro atoms. The Balaban J connectivity index is 1.70. The van der Waals surface area contributed by atoms with Crippen LogP contribution in [0, 0.1) is 0 Å². The Morgan fingerprint density at radius 3 is 2.09 bits per heavy atom. The van der Waals surface area contributed by atoms with E-state index in [4.69, 9.17) is 10.5 Å². The van der Waals surface area contributed by atoms with Crippen molar-refractivity contribution in [3.8, 4) is 0 Å². The number of rotatable bonds is 10. The number of ether oxygens (including phenoxy) is 1. The van der Waals surface area contributed by atoms with E-state index in [0.29, 0.717) is 6.42 Å². The number of carbonyl (C=O) groups is 4. The maximum Gasteiger partial charge on any atom is 0.408 e. The van der Waals surface area contributed by atoms with E-state index < -0.39 is 36.0 Å². The number of hydrogen-bond acceptors (Lipinski definition) is 6. The minimum Gasteiger partial charge on any atom is -0.480 e. The van der Waals surface area contributed by atoms with Crippen molar-refractivity contribution in [1.82, 2.24) is 16.2 Å². The van der Waals surface area contributed by atoms with Gasteiger partial charge in [-0.05, 0) is 24.0 Å². The highest BCUT2D eigenvalue weighted by molar-refractivity contribution is 5.86. The molecule has 10 nitrogen and oxygen atoms in total. The molecule has 0 aliphatic carbocycles. The van der Waals surface area contributed by atoms with Crippen LogP contribution in [0.1, 0.15) is 24.0 Å². The summed E-state index contributed by atoms with van der Waals surface area (Å²) in [5, 5.41) is 11.5. The quantitative estimate of drug-likeness (QED) is 0.341. The fraction of sp³-hybridized carbons (Fsp3) is 0.273. The maximum atomic E-state index is 12.0. The number of carboxylic acids is 1. The Morgan fingerprint density at radius 2 is 1.50 bits per heavy atom. The normalized spacial score (nSPS) is 12.2. The molecule has 0 aromatic heterocycles. The van der Waals surface area contributed by atoms with Crippen molar-refractivity contribution in [2.24, 2.45) is 5.73 Å². The molecular weight excluding hydrogens is 416 g/mol. The van der Waals surface area contributed by atoms with Gasteiger partial charge >= 0.3 is 12.1 Å². The van der Waals surface area contributed by atoms with Gasteiger partial charge in [0.1, 0.15) is 12.6 Å². The SMILES string of the molecule is NC(Cc1ccccc1)C(=O)NNC(=O)CCC(NC(=O)OCc1ccccc1)C(=O)O. The van der Waals surface area contributed by atoms with Crippen LogP contribution in [0.4, 0.5) is 4.79 Å². The van der Waals surface area contributed by atoms with Gasteiger partial charge in [0.25, 0.3) is 5.91 Å². The molecule has 0 aliphatic heterocycles. The van der Waals surface area contributed by atoms with Gasteiger partial charge in [0.05, 0.1) is 6.04 Å². The first-order valence-electron chi connectivity index (χ1n) is 9.93. The first-order valence-corrected chi connectivity index (χ1v) is 9.93. The lowest BCUT2D eigenvalue weighted by atomic mass is 10.1. The van der Waals surface area contributed by atoms with Gasteiger partial charge in [-0.2, -0.15) is 0 Å². The van der Waals surface area contributed by atoms with Gasteiger partial charge in [-0.25, -0.2) is 9.59 Å².